The molecule has 2 aromatic rings. The number of rotatable bonds is 3. The molecule has 0 fully saturated rings. The fraction of sp³-hybridized carbons (Fsp3) is 0.231. The molecule has 1 aromatic carbocycles. The van der Waals surface area contributed by atoms with Gasteiger partial charge in [-0.2, -0.15) is 0 Å². The van der Waals surface area contributed by atoms with Gasteiger partial charge in [-0.25, -0.2) is 4.98 Å². The molecule has 0 saturated heterocycles. The Balaban J connectivity index is 0.00000180. The number of hydrogen-bond donors (Lipinski definition) is 2. The number of benzene rings is 1. The first kappa shape index (κ1) is 15.9. The summed E-state index contributed by atoms with van der Waals surface area (Å²) in [6.07, 6.45) is 0. The number of halogens is 1. The van der Waals surface area contributed by atoms with Gasteiger partial charge in [0.25, 0.3) is 0 Å². The summed E-state index contributed by atoms with van der Waals surface area (Å²) in [5, 5.41) is 9.27. The van der Waals surface area contributed by atoms with E-state index in [4.69, 9.17) is 0 Å². The van der Waals surface area contributed by atoms with Crippen LogP contribution in [0.25, 0.3) is 10.6 Å². The number of aromatic nitrogens is 1. The number of hydrogen-bond acceptors (Lipinski definition) is 3. The second-order valence-corrected chi connectivity index (χ2v) is 4.54. The van der Waals surface area contributed by atoms with E-state index in [1.807, 2.05) is 25.2 Å². The Morgan fingerprint density at radius 1 is 1.32 bits per heavy atom. The summed E-state index contributed by atoms with van der Waals surface area (Å²) in [4.78, 5) is 8.65. The highest BCUT2D eigenvalue weighted by Crippen LogP contribution is 2.22. The molecule has 0 spiro atoms. The van der Waals surface area contributed by atoms with E-state index >= 15 is 0 Å². The third-order valence-electron chi connectivity index (χ3n) is 2.47. The number of nitrogens with one attached hydrogen (secondary N) is 2. The number of guanidine groups is 1. The van der Waals surface area contributed by atoms with Gasteiger partial charge in [-0.15, -0.1) is 35.3 Å². The largest absolute Gasteiger partial charge is 0.359 e. The highest BCUT2D eigenvalue weighted by molar-refractivity contribution is 14.0. The van der Waals surface area contributed by atoms with Crippen LogP contribution in [0.15, 0.2) is 40.7 Å². The van der Waals surface area contributed by atoms with Crippen LogP contribution in [0.1, 0.15) is 5.69 Å². The normalized spacial score (nSPS) is 10.7. The van der Waals surface area contributed by atoms with Crippen molar-refractivity contribution in [3.8, 4) is 10.6 Å². The molecule has 0 unspecified atom stereocenters. The van der Waals surface area contributed by atoms with Crippen molar-refractivity contribution in [3.05, 3.63) is 41.4 Å². The fourth-order valence-electron chi connectivity index (χ4n) is 1.56. The van der Waals surface area contributed by atoms with Crippen LogP contribution >= 0.6 is 35.3 Å². The molecule has 0 aliphatic heterocycles. The van der Waals surface area contributed by atoms with Crippen LogP contribution in [0, 0.1) is 0 Å². The zero-order valence-corrected chi connectivity index (χ0v) is 14.0. The standard InChI is InChI=1S/C13H16N4S.HI/c1-14-13(15-2)16-8-11-9-18-12(17-11)10-6-4-3-5-7-10;/h3-7,9H,8H2,1-2H3,(H2,14,15,16);1H. The van der Waals surface area contributed by atoms with Crippen molar-refractivity contribution in [3.63, 3.8) is 0 Å². The fourth-order valence-corrected chi connectivity index (χ4v) is 2.38. The lowest BCUT2D eigenvalue weighted by Crippen LogP contribution is -2.34. The molecule has 2 N–H and O–H groups in total. The summed E-state index contributed by atoms with van der Waals surface area (Å²) in [6, 6.07) is 10.2. The molecule has 0 atom stereocenters. The maximum atomic E-state index is 4.59. The zero-order chi connectivity index (χ0) is 12.8. The molecule has 19 heavy (non-hydrogen) atoms. The van der Waals surface area contributed by atoms with Gasteiger partial charge < -0.3 is 10.6 Å². The van der Waals surface area contributed by atoms with E-state index in [0.717, 1.165) is 22.2 Å². The molecule has 1 aromatic heterocycles. The van der Waals surface area contributed by atoms with Crippen molar-refractivity contribution >= 4 is 41.3 Å². The van der Waals surface area contributed by atoms with E-state index in [1.165, 1.54) is 0 Å². The number of thiazole rings is 1. The minimum atomic E-state index is 0. The van der Waals surface area contributed by atoms with Crippen molar-refractivity contribution in [2.45, 2.75) is 6.54 Å². The third-order valence-corrected chi connectivity index (χ3v) is 3.41. The Bertz CT molecular complexity index is 524. The molecule has 1 heterocycles. The molecule has 0 bridgehead atoms. The van der Waals surface area contributed by atoms with Crippen molar-refractivity contribution < 1.29 is 0 Å². The van der Waals surface area contributed by atoms with E-state index in [-0.39, 0.29) is 24.0 Å². The molecular formula is C13H17IN4S. The second kappa shape index (κ2) is 8.11. The first-order chi connectivity index (χ1) is 8.83. The molecule has 0 saturated carbocycles. The topological polar surface area (TPSA) is 49.3 Å². The summed E-state index contributed by atoms with van der Waals surface area (Å²) in [6.45, 7) is 0.677. The van der Waals surface area contributed by atoms with Crippen molar-refractivity contribution in [1.82, 2.24) is 15.6 Å². The summed E-state index contributed by atoms with van der Waals surface area (Å²) in [5.74, 6) is 0.768. The Labute approximate surface area is 134 Å². The van der Waals surface area contributed by atoms with E-state index in [9.17, 15) is 0 Å². The minimum Gasteiger partial charge on any atom is -0.359 e. The van der Waals surface area contributed by atoms with E-state index < -0.39 is 0 Å². The molecule has 0 amide bonds. The van der Waals surface area contributed by atoms with Crippen LogP contribution in [-0.4, -0.2) is 25.0 Å². The average molecular weight is 388 g/mol. The van der Waals surface area contributed by atoms with Gasteiger partial charge in [0.2, 0.25) is 0 Å². The molecule has 4 nitrogen and oxygen atoms in total. The molecule has 102 valence electrons. The monoisotopic (exact) mass is 388 g/mol. The van der Waals surface area contributed by atoms with Crippen LogP contribution in [0.3, 0.4) is 0 Å². The molecule has 6 heteroatoms. The second-order valence-electron chi connectivity index (χ2n) is 3.69. The SMILES string of the molecule is CN=C(NC)NCc1csc(-c2ccccc2)n1.I. The Hall–Kier alpha value is -1.15. The lowest BCUT2D eigenvalue weighted by Gasteiger charge is -2.05. The highest BCUT2D eigenvalue weighted by Gasteiger charge is 2.04. The van der Waals surface area contributed by atoms with Gasteiger partial charge in [-0.3, -0.25) is 4.99 Å². The summed E-state index contributed by atoms with van der Waals surface area (Å²) < 4.78 is 0. The van der Waals surface area contributed by atoms with Gasteiger partial charge >= 0.3 is 0 Å². The van der Waals surface area contributed by atoms with Crippen molar-refractivity contribution in [2.24, 2.45) is 4.99 Å². The van der Waals surface area contributed by atoms with Crippen LogP contribution in [0.2, 0.25) is 0 Å². The molecule has 0 aliphatic rings. The summed E-state index contributed by atoms with van der Waals surface area (Å²) in [5.41, 5.74) is 2.18. The van der Waals surface area contributed by atoms with Gasteiger partial charge in [0.1, 0.15) is 5.01 Å². The Kier molecular flexibility index (Phi) is 6.79. The molecule has 0 radical (unpaired) electrons. The van der Waals surface area contributed by atoms with Crippen LogP contribution in [-0.2, 0) is 6.54 Å². The highest BCUT2D eigenvalue weighted by atomic mass is 127. The Morgan fingerprint density at radius 2 is 2.05 bits per heavy atom. The third kappa shape index (κ3) is 4.46. The van der Waals surface area contributed by atoms with Crippen LogP contribution in [0.5, 0.6) is 0 Å². The predicted molar refractivity (Wildman–Crippen MR) is 92.2 cm³/mol. The maximum Gasteiger partial charge on any atom is 0.191 e. The minimum absolute atomic E-state index is 0. The Morgan fingerprint density at radius 3 is 2.68 bits per heavy atom. The van der Waals surface area contributed by atoms with E-state index in [2.05, 4.69) is 38.1 Å². The van der Waals surface area contributed by atoms with Gasteiger partial charge in [0.05, 0.1) is 12.2 Å². The van der Waals surface area contributed by atoms with Gasteiger partial charge in [0.15, 0.2) is 5.96 Å². The number of aliphatic imine (C=N–C) groups is 1. The molecule has 0 aliphatic carbocycles. The quantitative estimate of drug-likeness (QED) is 0.483. The zero-order valence-electron chi connectivity index (χ0n) is 10.9. The van der Waals surface area contributed by atoms with Gasteiger partial charge in [0, 0.05) is 25.0 Å². The van der Waals surface area contributed by atoms with E-state index in [1.54, 1.807) is 18.4 Å². The summed E-state index contributed by atoms with van der Waals surface area (Å²) in [7, 11) is 3.58. The first-order valence-corrected chi connectivity index (χ1v) is 6.59. The number of nitrogens with zero attached hydrogens (tertiary/aromatic N) is 2. The lowest BCUT2D eigenvalue weighted by atomic mass is 10.2. The van der Waals surface area contributed by atoms with Crippen LogP contribution in [0.4, 0.5) is 0 Å². The first-order valence-electron chi connectivity index (χ1n) is 5.71. The summed E-state index contributed by atoms with van der Waals surface area (Å²) >= 11 is 1.66. The lowest BCUT2D eigenvalue weighted by molar-refractivity contribution is 0.845. The average Bonchev–Trinajstić information content (AvgIpc) is 2.90. The predicted octanol–water partition coefficient (Wildman–Crippen LogP) is 2.72. The molecule has 2 rings (SSSR count). The smallest absolute Gasteiger partial charge is 0.191 e. The van der Waals surface area contributed by atoms with Crippen molar-refractivity contribution in [2.75, 3.05) is 14.1 Å². The molecular weight excluding hydrogens is 371 g/mol. The van der Waals surface area contributed by atoms with E-state index in [0.29, 0.717) is 6.54 Å². The maximum absolute atomic E-state index is 4.59. The van der Waals surface area contributed by atoms with Crippen molar-refractivity contribution in [1.29, 1.82) is 0 Å². The van der Waals surface area contributed by atoms with Gasteiger partial charge in [-0.05, 0) is 0 Å². The van der Waals surface area contributed by atoms with Gasteiger partial charge in [-0.1, -0.05) is 30.3 Å². The van der Waals surface area contributed by atoms with Crippen LogP contribution < -0.4 is 10.6 Å².